The Morgan fingerprint density at radius 1 is 1.41 bits per heavy atom. The molecule has 11 heteroatoms. The van der Waals surface area contributed by atoms with Gasteiger partial charge in [-0.15, -0.1) is 0 Å². The van der Waals surface area contributed by atoms with Crippen LogP contribution in [0.1, 0.15) is 12.1 Å². The lowest BCUT2D eigenvalue weighted by atomic mass is 10.1. The molecule has 0 aromatic carbocycles. The van der Waals surface area contributed by atoms with Gasteiger partial charge in [-0.25, -0.2) is 14.2 Å². The van der Waals surface area contributed by atoms with Crippen molar-refractivity contribution in [2.24, 2.45) is 0 Å². The number of nitrogens with zero attached hydrogens (tertiary/aromatic N) is 5. The summed E-state index contributed by atoms with van der Waals surface area (Å²) in [6, 6.07) is 0.704. The Kier molecular flexibility index (Phi) is 2.97. The Morgan fingerprint density at radius 2 is 2.14 bits per heavy atom. The number of hydrogen-bond acceptors (Lipinski definition) is 5. The standard InChI is InChI=1S/C11H9F4N5O2/c12-10(8(21)22)1-2-19(4-10)7-3-6(11(13,14)15)18-9-16-5-17-20(7)9/h3,5H,1-2,4H2,(H,21,22). The van der Waals surface area contributed by atoms with Crippen LogP contribution in [0.3, 0.4) is 0 Å². The van der Waals surface area contributed by atoms with Gasteiger partial charge in [0.2, 0.25) is 5.67 Å². The fourth-order valence-corrected chi connectivity index (χ4v) is 2.31. The molecular formula is C11H9F4N5O2. The van der Waals surface area contributed by atoms with E-state index in [1.54, 1.807) is 0 Å². The molecule has 1 atom stereocenters. The van der Waals surface area contributed by atoms with Crippen LogP contribution in [0.4, 0.5) is 23.4 Å². The smallest absolute Gasteiger partial charge is 0.433 e. The quantitative estimate of drug-likeness (QED) is 0.836. The molecule has 1 unspecified atom stereocenters. The number of aromatic nitrogens is 4. The summed E-state index contributed by atoms with van der Waals surface area (Å²) in [4.78, 5) is 19.0. The minimum absolute atomic E-state index is 0.0565. The van der Waals surface area contributed by atoms with Crippen LogP contribution in [-0.4, -0.2) is 49.4 Å². The van der Waals surface area contributed by atoms with Crippen LogP contribution in [0.5, 0.6) is 0 Å². The van der Waals surface area contributed by atoms with Crippen molar-refractivity contribution in [1.82, 2.24) is 19.6 Å². The highest BCUT2D eigenvalue weighted by atomic mass is 19.4. The predicted molar refractivity (Wildman–Crippen MR) is 64.1 cm³/mol. The highest BCUT2D eigenvalue weighted by molar-refractivity contribution is 5.79. The van der Waals surface area contributed by atoms with Crippen molar-refractivity contribution in [2.45, 2.75) is 18.3 Å². The number of halogens is 4. The molecule has 1 aliphatic rings. The molecule has 7 nitrogen and oxygen atoms in total. The largest absolute Gasteiger partial charge is 0.479 e. The molecule has 1 aliphatic heterocycles. The first-order valence-corrected chi connectivity index (χ1v) is 6.16. The summed E-state index contributed by atoms with van der Waals surface area (Å²) in [6.07, 6.45) is -4.02. The Morgan fingerprint density at radius 3 is 2.73 bits per heavy atom. The first-order valence-electron chi connectivity index (χ1n) is 6.16. The molecule has 22 heavy (non-hydrogen) atoms. The minimum atomic E-state index is -4.71. The molecule has 0 aliphatic carbocycles. The number of rotatable bonds is 2. The molecule has 0 amide bonds. The number of anilines is 1. The second-order valence-corrected chi connectivity index (χ2v) is 4.91. The number of carboxylic acid groups (broad SMARTS) is 1. The van der Waals surface area contributed by atoms with Gasteiger partial charge >= 0.3 is 12.1 Å². The van der Waals surface area contributed by atoms with Crippen LogP contribution < -0.4 is 4.90 Å². The molecule has 1 saturated heterocycles. The molecule has 3 rings (SSSR count). The molecule has 2 aromatic rings. The van der Waals surface area contributed by atoms with E-state index >= 15 is 0 Å². The van der Waals surface area contributed by atoms with Crippen LogP contribution in [0.15, 0.2) is 12.4 Å². The number of hydrogen-bond donors (Lipinski definition) is 1. The molecule has 1 N–H and O–H groups in total. The predicted octanol–water partition coefficient (Wildman–Crippen LogP) is 1.15. The summed E-state index contributed by atoms with van der Waals surface area (Å²) >= 11 is 0. The lowest BCUT2D eigenvalue weighted by molar-refractivity contribution is -0.149. The fraction of sp³-hybridized carbons (Fsp3) is 0.455. The van der Waals surface area contributed by atoms with E-state index in [2.05, 4.69) is 15.1 Å². The third-order valence-corrected chi connectivity index (χ3v) is 3.45. The molecule has 2 aromatic heterocycles. The molecule has 118 valence electrons. The Hall–Kier alpha value is -2.46. The van der Waals surface area contributed by atoms with Crippen molar-refractivity contribution in [3.05, 3.63) is 18.1 Å². The lowest BCUT2D eigenvalue weighted by Crippen LogP contribution is -2.37. The van der Waals surface area contributed by atoms with Gasteiger partial charge in [-0.3, -0.25) is 0 Å². The van der Waals surface area contributed by atoms with Gasteiger partial charge in [-0.05, 0) is 0 Å². The van der Waals surface area contributed by atoms with E-state index in [4.69, 9.17) is 5.11 Å². The van der Waals surface area contributed by atoms with Crippen LogP contribution >= 0.6 is 0 Å². The van der Waals surface area contributed by atoms with Crippen molar-refractivity contribution in [3.8, 4) is 0 Å². The van der Waals surface area contributed by atoms with Crippen LogP contribution in [0, 0.1) is 0 Å². The van der Waals surface area contributed by atoms with E-state index in [1.807, 2.05) is 0 Å². The van der Waals surface area contributed by atoms with Gasteiger partial charge in [0.25, 0.3) is 5.78 Å². The average Bonchev–Trinajstić information content (AvgIpc) is 3.03. The zero-order valence-electron chi connectivity index (χ0n) is 10.9. The van der Waals surface area contributed by atoms with E-state index in [0.717, 1.165) is 10.8 Å². The van der Waals surface area contributed by atoms with Crippen molar-refractivity contribution >= 4 is 17.6 Å². The van der Waals surface area contributed by atoms with Crippen molar-refractivity contribution in [2.75, 3.05) is 18.0 Å². The second-order valence-electron chi connectivity index (χ2n) is 4.91. The molecule has 0 bridgehead atoms. The van der Waals surface area contributed by atoms with Crippen molar-refractivity contribution in [1.29, 1.82) is 0 Å². The van der Waals surface area contributed by atoms with Gasteiger partial charge in [-0.1, -0.05) is 0 Å². The van der Waals surface area contributed by atoms with E-state index in [9.17, 15) is 22.4 Å². The van der Waals surface area contributed by atoms with Gasteiger partial charge < -0.3 is 10.0 Å². The summed E-state index contributed by atoms with van der Waals surface area (Å²) in [7, 11) is 0. The average molecular weight is 319 g/mol. The maximum Gasteiger partial charge on any atom is 0.433 e. The maximum atomic E-state index is 14.1. The maximum absolute atomic E-state index is 14.1. The van der Waals surface area contributed by atoms with E-state index in [1.165, 1.54) is 4.90 Å². The van der Waals surface area contributed by atoms with Crippen LogP contribution in [0.25, 0.3) is 5.78 Å². The van der Waals surface area contributed by atoms with Gasteiger partial charge in [0.15, 0.2) is 5.69 Å². The fourth-order valence-electron chi connectivity index (χ4n) is 2.31. The molecule has 0 saturated carbocycles. The summed E-state index contributed by atoms with van der Waals surface area (Å²) in [5, 5.41) is 12.6. The number of carboxylic acids is 1. The van der Waals surface area contributed by atoms with Gasteiger partial charge in [0.1, 0.15) is 12.1 Å². The molecular weight excluding hydrogens is 310 g/mol. The Labute approximate surface area is 120 Å². The number of aliphatic carboxylic acids is 1. The van der Waals surface area contributed by atoms with E-state index < -0.39 is 30.1 Å². The summed E-state index contributed by atoms with van der Waals surface area (Å²) < 4.78 is 53.7. The summed E-state index contributed by atoms with van der Waals surface area (Å²) in [5.41, 5.74) is -3.70. The molecule has 1 fully saturated rings. The van der Waals surface area contributed by atoms with Crippen LogP contribution in [0.2, 0.25) is 0 Å². The highest BCUT2D eigenvalue weighted by Gasteiger charge is 2.46. The topological polar surface area (TPSA) is 83.6 Å². The number of alkyl halides is 4. The van der Waals surface area contributed by atoms with Crippen molar-refractivity contribution < 1.29 is 27.5 Å². The number of fused-ring (bicyclic) bond motifs is 1. The van der Waals surface area contributed by atoms with E-state index in [-0.39, 0.29) is 24.6 Å². The first kappa shape index (κ1) is 14.5. The van der Waals surface area contributed by atoms with Gasteiger partial charge in [0.05, 0.1) is 6.54 Å². The van der Waals surface area contributed by atoms with Gasteiger partial charge in [0, 0.05) is 19.0 Å². The van der Waals surface area contributed by atoms with Crippen LogP contribution in [-0.2, 0) is 11.0 Å². The van der Waals surface area contributed by atoms with Crippen molar-refractivity contribution in [3.63, 3.8) is 0 Å². The molecule has 3 heterocycles. The third kappa shape index (κ3) is 2.22. The zero-order valence-corrected chi connectivity index (χ0v) is 10.9. The monoisotopic (exact) mass is 319 g/mol. The van der Waals surface area contributed by atoms with E-state index in [0.29, 0.717) is 6.07 Å². The first-order chi connectivity index (χ1) is 10.2. The normalized spacial score (nSPS) is 22.5. The number of carbonyl (C=O) groups is 1. The lowest BCUT2D eigenvalue weighted by Gasteiger charge is -2.20. The molecule has 0 radical (unpaired) electrons. The molecule has 0 spiro atoms. The minimum Gasteiger partial charge on any atom is -0.479 e. The summed E-state index contributed by atoms with van der Waals surface area (Å²) in [6.45, 7) is -0.627. The second kappa shape index (κ2) is 4.52. The Balaban J connectivity index is 2.07. The summed E-state index contributed by atoms with van der Waals surface area (Å²) in [5.74, 6) is -2.04. The SMILES string of the molecule is O=C(O)C1(F)CCN(c2cc(C(F)(F)F)nc3ncnn23)C1. The van der Waals surface area contributed by atoms with Gasteiger partial charge in [-0.2, -0.15) is 27.8 Å². The Bertz CT molecular complexity index is 746. The highest BCUT2D eigenvalue weighted by Crippen LogP contribution is 2.34. The third-order valence-electron chi connectivity index (χ3n) is 3.45. The zero-order chi connectivity index (χ0) is 16.1.